The number of fused-ring (bicyclic) bond motifs is 3. The van der Waals surface area contributed by atoms with Crippen LogP contribution in [0.3, 0.4) is 0 Å². The number of hydrogen-bond donors (Lipinski definition) is 3. The summed E-state index contributed by atoms with van der Waals surface area (Å²) in [6, 6.07) is 11.7. The minimum absolute atomic E-state index is 0.0527. The number of pyridine rings is 1. The molecule has 3 aromatic rings. The van der Waals surface area contributed by atoms with Gasteiger partial charge in [-0.2, -0.15) is 4.98 Å². The van der Waals surface area contributed by atoms with Crippen LogP contribution in [0.5, 0.6) is 5.75 Å². The van der Waals surface area contributed by atoms with Gasteiger partial charge in [-0.15, -0.1) is 0 Å². The summed E-state index contributed by atoms with van der Waals surface area (Å²) < 4.78 is 25.8. The normalized spacial score (nSPS) is 21.8. The van der Waals surface area contributed by atoms with Crippen LogP contribution in [0.1, 0.15) is 20.3 Å². The van der Waals surface area contributed by atoms with Gasteiger partial charge in [-0.05, 0) is 56.7 Å². The van der Waals surface area contributed by atoms with Gasteiger partial charge in [-0.1, -0.05) is 0 Å². The molecule has 0 aliphatic carbocycles. The van der Waals surface area contributed by atoms with Crippen LogP contribution in [0.15, 0.2) is 42.6 Å². The number of ether oxygens (including phenoxy) is 2. The molecular weight excluding hydrogens is 453 g/mol. The van der Waals surface area contributed by atoms with Crippen LogP contribution >= 0.6 is 0 Å². The minimum Gasteiger partial charge on any atom is -0.474 e. The number of anilines is 6. The number of hydrogen-bond acceptors (Lipinski definition) is 9. The van der Waals surface area contributed by atoms with E-state index in [9.17, 15) is 9.18 Å². The maximum absolute atomic E-state index is 14.4. The maximum Gasteiger partial charge on any atom is 0.269 e. The fourth-order valence-corrected chi connectivity index (χ4v) is 4.48. The van der Waals surface area contributed by atoms with Gasteiger partial charge < -0.3 is 30.3 Å². The fourth-order valence-electron chi connectivity index (χ4n) is 4.48. The van der Waals surface area contributed by atoms with E-state index in [4.69, 9.17) is 9.47 Å². The molecule has 3 N–H and O–H groups in total. The number of nitrogens with zero attached hydrogens (tertiary/aromatic N) is 4. The summed E-state index contributed by atoms with van der Waals surface area (Å²) in [5.41, 5.74) is 0.928. The third kappa shape index (κ3) is 4.08. The zero-order valence-corrected chi connectivity index (χ0v) is 19.2. The zero-order valence-electron chi connectivity index (χ0n) is 19.2. The molecule has 180 valence electrons. The third-order valence-corrected chi connectivity index (χ3v) is 6.35. The molecule has 2 unspecified atom stereocenters. The quantitative estimate of drug-likeness (QED) is 0.507. The van der Waals surface area contributed by atoms with Gasteiger partial charge in [0.2, 0.25) is 5.95 Å². The Hall–Kier alpha value is -3.99. The number of morpholine rings is 1. The van der Waals surface area contributed by atoms with Gasteiger partial charge in [-0.25, -0.2) is 14.4 Å². The van der Waals surface area contributed by atoms with Crippen molar-refractivity contribution in [1.82, 2.24) is 15.0 Å². The van der Waals surface area contributed by atoms with Crippen molar-refractivity contribution in [2.75, 3.05) is 34.0 Å². The van der Waals surface area contributed by atoms with Crippen LogP contribution in [-0.2, 0) is 9.53 Å². The second-order valence-corrected chi connectivity index (χ2v) is 9.29. The molecule has 0 radical (unpaired) electrons. The lowest BCUT2D eigenvalue weighted by atomic mass is 10.1. The first-order valence-corrected chi connectivity index (χ1v) is 11.4. The monoisotopic (exact) mass is 477 g/mol. The van der Waals surface area contributed by atoms with E-state index >= 15 is 0 Å². The number of nitrogens with one attached hydrogen (secondary N) is 3. The maximum atomic E-state index is 14.4. The van der Waals surface area contributed by atoms with Gasteiger partial charge in [0.15, 0.2) is 28.8 Å². The average molecular weight is 478 g/mol. The average Bonchev–Trinajstić information content (AvgIpc) is 3.47. The Bertz CT molecular complexity index is 1300. The SMILES string of the molecule is CC1(C)Oc2ccc(Nc3nc(Nc4ccc(N5CC6CC5CO6)cc4)ncc3F)nc2NC1=O. The van der Waals surface area contributed by atoms with Crippen molar-refractivity contribution in [2.45, 2.75) is 38.0 Å². The Morgan fingerprint density at radius 2 is 1.97 bits per heavy atom. The van der Waals surface area contributed by atoms with E-state index in [1.165, 1.54) is 0 Å². The van der Waals surface area contributed by atoms with Crippen molar-refractivity contribution in [3.8, 4) is 5.75 Å². The number of rotatable bonds is 5. The van der Waals surface area contributed by atoms with Crippen molar-refractivity contribution < 1.29 is 18.7 Å². The van der Waals surface area contributed by atoms with Gasteiger partial charge in [0.1, 0.15) is 5.82 Å². The van der Waals surface area contributed by atoms with E-state index in [-0.39, 0.29) is 23.5 Å². The highest BCUT2D eigenvalue weighted by molar-refractivity contribution is 5.99. The first-order valence-electron chi connectivity index (χ1n) is 11.4. The van der Waals surface area contributed by atoms with Gasteiger partial charge in [0.05, 0.1) is 24.9 Å². The summed E-state index contributed by atoms with van der Waals surface area (Å²) in [4.78, 5) is 27.1. The summed E-state index contributed by atoms with van der Waals surface area (Å²) in [5.74, 6) is 0.205. The highest BCUT2D eigenvalue weighted by atomic mass is 19.1. The lowest BCUT2D eigenvalue weighted by Crippen LogP contribution is -2.46. The van der Waals surface area contributed by atoms with Crippen LogP contribution in [0.25, 0.3) is 0 Å². The molecule has 1 amide bonds. The van der Waals surface area contributed by atoms with E-state index < -0.39 is 11.4 Å². The second-order valence-electron chi connectivity index (χ2n) is 9.29. The Morgan fingerprint density at radius 1 is 1.14 bits per heavy atom. The topological polar surface area (TPSA) is 114 Å². The first kappa shape index (κ1) is 21.5. The molecule has 2 fully saturated rings. The summed E-state index contributed by atoms with van der Waals surface area (Å²) in [6.45, 7) is 5.03. The number of carbonyl (C=O) groups is 1. The summed E-state index contributed by atoms with van der Waals surface area (Å²) in [7, 11) is 0. The summed E-state index contributed by atoms with van der Waals surface area (Å²) in [5, 5.41) is 8.65. The van der Waals surface area contributed by atoms with Crippen molar-refractivity contribution in [1.29, 1.82) is 0 Å². The molecule has 2 saturated heterocycles. The molecular formula is C24H24FN7O3. The van der Waals surface area contributed by atoms with E-state index in [1.807, 2.05) is 24.3 Å². The number of benzene rings is 1. The Labute approximate surface area is 200 Å². The summed E-state index contributed by atoms with van der Waals surface area (Å²) >= 11 is 0. The van der Waals surface area contributed by atoms with E-state index in [2.05, 4.69) is 35.8 Å². The molecule has 0 spiro atoms. The Morgan fingerprint density at radius 3 is 2.71 bits per heavy atom. The molecule has 2 aromatic heterocycles. The number of amides is 1. The molecule has 2 atom stereocenters. The Kier molecular flexibility index (Phi) is 4.95. The lowest BCUT2D eigenvalue weighted by Gasteiger charge is -2.30. The standard InChI is InChI=1S/C24H24FN7O3/c1-24(2)22(33)30-21-18(35-24)7-8-19(29-21)28-20-17(25)10-26-23(31-20)27-13-3-5-14(6-4-13)32-11-16-9-15(32)12-34-16/h3-8,10,15-16H,9,11-12H2,1-2H3,(H3,26,27,28,29,30,31,33). The highest BCUT2D eigenvalue weighted by Gasteiger charge is 2.39. The van der Waals surface area contributed by atoms with E-state index in [0.29, 0.717) is 23.7 Å². The molecule has 3 aliphatic heterocycles. The lowest BCUT2D eigenvalue weighted by molar-refractivity contribution is -0.129. The number of carbonyl (C=O) groups excluding carboxylic acids is 1. The fraction of sp³-hybridized carbons (Fsp3) is 0.333. The van der Waals surface area contributed by atoms with Crippen LogP contribution in [0, 0.1) is 5.82 Å². The zero-order chi connectivity index (χ0) is 24.2. The predicted molar refractivity (Wildman–Crippen MR) is 128 cm³/mol. The Balaban J connectivity index is 1.16. The predicted octanol–water partition coefficient (Wildman–Crippen LogP) is 3.58. The second kappa shape index (κ2) is 8.05. The molecule has 3 aliphatic rings. The third-order valence-electron chi connectivity index (χ3n) is 6.35. The molecule has 1 aromatic carbocycles. The minimum atomic E-state index is -0.996. The van der Waals surface area contributed by atoms with Crippen LogP contribution in [-0.4, -0.2) is 51.8 Å². The summed E-state index contributed by atoms with van der Waals surface area (Å²) in [6.07, 6.45) is 2.49. The number of halogens is 1. The van der Waals surface area contributed by atoms with Crippen LogP contribution in [0.2, 0.25) is 0 Å². The van der Waals surface area contributed by atoms with E-state index in [1.54, 1.807) is 26.0 Å². The smallest absolute Gasteiger partial charge is 0.269 e. The van der Waals surface area contributed by atoms with Crippen molar-refractivity contribution >= 4 is 40.7 Å². The highest BCUT2D eigenvalue weighted by Crippen LogP contribution is 2.35. The molecule has 5 heterocycles. The van der Waals surface area contributed by atoms with Gasteiger partial charge >= 0.3 is 0 Å². The van der Waals surface area contributed by atoms with Gasteiger partial charge in [-0.3, -0.25) is 4.79 Å². The molecule has 11 heteroatoms. The molecule has 0 saturated carbocycles. The van der Waals surface area contributed by atoms with Gasteiger partial charge in [0.25, 0.3) is 5.91 Å². The van der Waals surface area contributed by atoms with E-state index in [0.717, 1.165) is 37.1 Å². The van der Waals surface area contributed by atoms with Crippen molar-refractivity contribution in [3.05, 3.63) is 48.4 Å². The number of aromatic nitrogens is 3. The molecule has 6 rings (SSSR count). The molecule has 35 heavy (non-hydrogen) atoms. The van der Waals surface area contributed by atoms with Gasteiger partial charge in [0, 0.05) is 17.9 Å². The van der Waals surface area contributed by atoms with Crippen molar-refractivity contribution in [2.24, 2.45) is 0 Å². The largest absolute Gasteiger partial charge is 0.474 e. The first-order chi connectivity index (χ1) is 16.8. The van der Waals surface area contributed by atoms with Crippen LogP contribution in [0.4, 0.5) is 39.2 Å². The molecule has 10 nitrogen and oxygen atoms in total. The van der Waals surface area contributed by atoms with Crippen LogP contribution < -0.4 is 25.6 Å². The van der Waals surface area contributed by atoms with Crippen molar-refractivity contribution in [3.63, 3.8) is 0 Å². The molecule has 2 bridgehead atoms.